The minimum Gasteiger partial charge on any atom is -0.371 e. The molecule has 6 aliphatic rings. The molecule has 240 valence electrons. The van der Waals surface area contributed by atoms with E-state index in [4.69, 9.17) is 8.92 Å². The van der Waals surface area contributed by atoms with Crippen molar-refractivity contribution in [1.82, 2.24) is 0 Å². The largest absolute Gasteiger partial charge is 0.446 e. The molecule has 43 heavy (non-hydrogen) atoms. The highest BCUT2D eigenvalue weighted by molar-refractivity contribution is 7.81. The van der Waals surface area contributed by atoms with Crippen LogP contribution in [0.15, 0.2) is 12.1 Å². The Labute approximate surface area is 261 Å². The van der Waals surface area contributed by atoms with E-state index in [2.05, 4.69) is 55.4 Å². The van der Waals surface area contributed by atoms with E-state index >= 15 is 0 Å². The Balaban J connectivity index is 1.23. The minimum atomic E-state index is -4.58. The zero-order valence-corrected chi connectivity index (χ0v) is 28.8. The summed E-state index contributed by atoms with van der Waals surface area (Å²) < 4.78 is 45.8. The van der Waals surface area contributed by atoms with E-state index in [1.807, 2.05) is 6.07 Å². The van der Waals surface area contributed by atoms with Gasteiger partial charge in [0.05, 0.1) is 11.7 Å². The normalized spacial score (nSPS) is 48.4. The molecule has 1 saturated heterocycles. The smallest absolute Gasteiger partial charge is 0.371 e. The second-order valence-corrected chi connectivity index (χ2v) is 19.0. The van der Waals surface area contributed by atoms with E-state index in [0.717, 1.165) is 18.4 Å². The molecule has 0 radical (unpaired) electrons. The summed E-state index contributed by atoms with van der Waals surface area (Å²) in [4.78, 5) is 0. The topological polar surface area (TPSA) is 72.8 Å². The maximum Gasteiger partial charge on any atom is 0.446 e. The lowest BCUT2D eigenvalue weighted by Gasteiger charge is -2.69. The van der Waals surface area contributed by atoms with Crippen molar-refractivity contribution in [3.8, 4) is 5.75 Å². The number of hydrogen-bond acceptors (Lipinski definition) is 4. The molecule has 1 N–H and O–H groups in total. The summed E-state index contributed by atoms with van der Waals surface area (Å²) in [6.07, 6.45) is 14.8. The maximum absolute atomic E-state index is 11.8. The van der Waals surface area contributed by atoms with Crippen molar-refractivity contribution >= 4 is 10.4 Å². The van der Waals surface area contributed by atoms with Crippen molar-refractivity contribution in [1.29, 1.82) is 0 Å². The van der Waals surface area contributed by atoms with Crippen LogP contribution in [0.2, 0.25) is 0 Å². The third-order valence-electron chi connectivity index (χ3n) is 15.6. The van der Waals surface area contributed by atoms with E-state index in [0.29, 0.717) is 40.9 Å². The Kier molecular flexibility index (Phi) is 6.57. The number of ether oxygens (including phenoxy) is 1. The standard InChI is InChI=1S/C37H56O5S/c1-23-10-11-25(42-43(38,39)40)24-22-29-34(5)18-13-28-33(4,27(34)14-20-36(29,7)31(23)24)21-15-30-35(28,6)19-12-26-32(2,3)16-9-17-37(26,8)41-30/h10-11,26-30H,9,12-22H2,1-8H3,(H,38,39,40)/t26-,27+,28+,29-,30-,33+,34+,35-,36-,37-/m0/s1. The van der Waals surface area contributed by atoms with Crippen LogP contribution >= 0.6 is 0 Å². The highest BCUT2D eigenvalue weighted by Gasteiger charge is 2.69. The highest BCUT2D eigenvalue weighted by Crippen LogP contribution is 2.74. The van der Waals surface area contributed by atoms with Crippen molar-refractivity contribution in [3.05, 3.63) is 28.8 Å². The fraction of sp³-hybridized carbons (Fsp3) is 0.838. The van der Waals surface area contributed by atoms with E-state index < -0.39 is 10.4 Å². The number of rotatable bonds is 2. The van der Waals surface area contributed by atoms with Crippen LogP contribution in [0.3, 0.4) is 0 Å². The van der Waals surface area contributed by atoms with Crippen molar-refractivity contribution in [2.45, 2.75) is 150 Å². The van der Waals surface area contributed by atoms with E-state index in [1.54, 1.807) is 6.07 Å². The molecule has 1 aliphatic heterocycles. The van der Waals surface area contributed by atoms with Gasteiger partial charge in [0.1, 0.15) is 5.75 Å². The minimum absolute atomic E-state index is 0.00304. The first kappa shape index (κ1) is 30.5. The lowest BCUT2D eigenvalue weighted by atomic mass is 9.36. The summed E-state index contributed by atoms with van der Waals surface area (Å²) in [6.45, 7) is 19.9. The molecule has 0 bridgehead atoms. The fourth-order valence-corrected chi connectivity index (χ4v) is 14.3. The molecule has 0 spiro atoms. The highest BCUT2D eigenvalue weighted by atomic mass is 32.3. The summed E-state index contributed by atoms with van der Waals surface area (Å²) in [7, 11) is -4.58. The van der Waals surface area contributed by atoms with Gasteiger partial charge in [0.2, 0.25) is 0 Å². The van der Waals surface area contributed by atoms with Gasteiger partial charge >= 0.3 is 10.4 Å². The molecule has 5 nitrogen and oxygen atoms in total. The second kappa shape index (κ2) is 9.25. The summed E-state index contributed by atoms with van der Waals surface area (Å²) in [6, 6.07) is 3.72. The molecule has 6 heteroatoms. The van der Waals surface area contributed by atoms with Crippen LogP contribution < -0.4 is 4.18 Å². The van der Waals surface area contributed by atoms with Gasteiger partial charge in [0.25, 0.3) is 0 Å². The summed E-state index contributed by atoms with van der Waals surface area (Å²) in [5.74, 6) is 2.67. The molecule has 0 unspecified atom stereocenters. The molecule has 7 rings (SSSR count). The fourth-order valence-electron chi connectivity index (χ4n) is 13.9. The van der Waals surface area contributed by atoms with Crippen LogP contribution in [0, 0.1) is 52.3 Å². The van der Waals surface area contributed by atoms with Gasteiger partial charge in [-0.15, -0.1) is 0 Å². The molecule has 5 fully saturated rings. The molecule has 1 heterocycles. The van der Waals surface area contributed by atoms with Crippen molar-refractivity contribution in [2.75, 3.05) is 0 Å². The molecule has 1 aromatic carbocycles. The van der Waals surface area contributed by atoms with Gasteiger partial charge in [-0.1, -0.05) is 54.0 Å². The van der Waals surface area contributed by atoms with Crippen molar-refractivity contribution < 1.29 is 21.9 Å². The summed E-state index contributed by atoms with van der Waals surface area (Å²) in [5, 5.41) is 0. The zero-order chi connectivity index (χ0) is 31.0. The van der Waals surface area contributed by atoms with Crippen LogP contribution in [-0.2, 0) is 27.0 Å². The van der Waals surface area contributed by atoms with Gasteiger partial charge in [0.15, 0.2) is 0 Å². The first-order valence-electron chi connectivity index (χ1n) is 17.4. The number of benzene rings is 1. The van der Waals surface area contributed by atoms with Crippen LogP contribution in [0.4, 0.5) is 0 Å². The lowest BCUT2D eigenvalue weighted by Crippen LogP contribution is -2.64. The van der Waals surface area contributed by atoms with Gasteiger partial charge < -0.3 is 8.92 Å². The quantitative estimate of drug-likeness (QED) is 0.338. The average Bonchev–Trinajstić information content (AvgIpc) is 3.15. The molecule has 1 aromatic rings. The molecular weight excluding hydrogens is 556 g/mol. The molecule has 0 amide bonds. The van der Waals surface area contributed by atoms with Gasteiger partial charge in [0, 0.05) is 5.56 Å². The Morgan fingerprint density at radius 3 is 2.09 bits per heavy atom. The first-order valence-corrected chi connectivity index (χ1v) is 18.7. The Hall–Kier alpha value is -1.11. The molecule has 4 saturated carbocycles. The number of hydrogen-bond donors (Lipinski definition) is 1. The predicted octanol–water partition coefficient (Wildman–Crippen LogP) is 9.00. The third kappa shape index (κ3) is 4.16. The number of aryl methyl sites for hydroxylation is 1. The molecule has 10 atom stereocenters. The Bertz CT molecular complexity index is 1430. The van der Waals surface area contributed by atoms with E-state index in [-0.39, 0.29) is 27.3 Å². The van der Waals surface area contributed by atoms with Crippen LogP contribution in [0.5, 0.6) is 5.75 Å². The average molecular weight is 613 g/mol. The van der Waals surface area contributed by atoms with Crippen LogP contribution in [-0.4, -0.2) is 24.7 Å². The lowest BCUT2D eigenvalue weighted by molar-refractivity contribution is -0.240. The molecule has 0 aromatic heterocycles. The Morgan fingerprint density at radius 2 is 1.37 bits per heavy atom. The zero-order valence-electron chi connectivity index (χ0n) is 28.0. The van der Waals surface area contributed by atoms with Crippen LogP contribution in [0.1, 0.15) is 136 Å². The van der Waals surface area contributed by atoms with Crippen molar-refractivity contribution in [3.63, 3.8) is 0 Å². The maximum atomic E-state index is 11.8. The van der Waals surface area contributed by atoms with Gasteiger partial charge in [-0.2, -0.15) is 8.42 Å². The SMILES string of the molecule is Cc1ccc(OS(=O)(=O)O)c2c1[C@@]1(C)CC[C@@H]3[C@@]4(C)CC[C@@H]5O[C@@]6(C)CCCC(C)(C)[C@@H]6CC[C@@]5(C)[C@@H]4CC[C@@]3(C)[C@@H]1C2. The third-order valence-corrected chi connectivity index (χ3v) is 16.0. The van der Waals surface area contributed by atoms with Gasteiger partial charge in [-0.25, -0.2) is 0 Å². The number of fused-ring (bicyclic) bond motifs is 10. The van der Waals surface area contributed by atoms with E-state index in [9.17, 15) is 13.0 Å². The van der Waals surface area contributed by atoms with Crippen LogP contribution in [0.25, 0.3) is 0 Å². The summed E-state index contributed by atoms with van der Waals surface area (Å²) in [5.41, 5.74) is 4.46. The Morgan fingerprint density at radius 1 is 0.767 bits per heavy atom. The second-order valence-electron chi connectivity index (χ2n) is 18.0. The summed E-state index contributed by atoms with van der Waals surface area (Å²) >= 11 is 0. The van der Waals surface area contributed by atoms with Gasteiger partial charge in [-0.3, -0.25) is 4.55 Å². The van der Waals surface area contributed by atoms with Gasteiger partial charge in [-0.05, 0) is 152 Å². The molecular formula is C37H56O5S. The molecule has 5 aliphatic carbocycles. The monoisotopic (exact) mass is 612 g/mol. The van der Waals surface area contributed by atoms with E-state index in [1.165, 1.54) is 75.3 Å². The first-order chi connectivity index (χ1) is 19.9. The van der Waals surface area contributed by atoms with Crippen molar-refractivity contribution in [2.24, 2.45) is 45.3 Å². The predicted molar refractivity (Wildman–Crippen MR) is 171 cm³/mol.